The lowest BCUT2D eigenvalue weighted by Gasteiger charge is -2.24. The smallest absolute Gasteiger partial charge is 0.128 e. The molecule has 30 heavy (non-hydrogen) atoms. The molecule has 0 fully saturated rings. The van der Waals surface area contributed by atoms with Gasteiger partial charge in [-0.05, 0) is 67.2 Å². The zero-order valence-corrected chi connectivity index (χ0v) is 23.6. The van der Waals surface area contributed by atoms with Crippen LogP contribution >= 0.6 is 15.9 Å². The lowest BCUT2D eigenvalue weighted by Crippen LogP contribution is -3.00. The number of benzene rings is 1. The van der Waals surface area contributed by atoms with Gasteiger partial charge in [-0.2, -0.15) is 0 Å². The molecule has 168 valence electrons. The number of hydrogen-bond donors (Lipinski definition) is 0. The molecule has 1 aromatic carbocycles. The summed E-state index contributed by atoms with van der Waals surface area (Å²) in [4.78, 5) is 0. The van der Waals surface area contributed by atoms with Crippen molar-refractivity contribution < 1.29 is 33.2 Å². The van der Waals surface area contributed by atoms with Gasteiger partial charge in [-0.25, -0.2) is 0 Å². The van der Waals surface area contributed by atoms with Gasteiger partial charge < -0.3 is 37.8 Å². The first kappa shape index (κ1) is 27.2. The van der Waals surface area contributed by atoms with E-state index in [1.807, 2.05) is 0 Å². The normalized spacial score (nSPS) is 12.1. The van der Waals surface area contributed by atoms with E-state index >= 15 is 0 Å². The quantitative estimate of drug-likeness (QED) is 0.249. The van der Waals surface area contributed by atoms with Crippen molar-refractivity contribution in [2.75, 3.05) is 34.8 Å². The van der Waals surface area contributed by atoms with Crippen LogP contribution in [0.1, 0.15) is 44.9 Å². The first-order valence-electron chi connectivity index (χ1n) is 10.5. The van der Waals surface area contributed by atoms with E-state index < -0.39 is 0 Å². The molecule has 0 aliphatic heterocycles. The zero-order chi connectivity index (χ0) is 21.8. The summed E-state index contributed by atoms with van der Waals surface area (Å²) in [5.41, 5.74) is 6.89. The van der Waals surface area contributed by atoms with E-state index in [9.17, 15) is 0 Å². The monoisotopic (exact) mass is 588 g/mol. The highest BCUT2D eigenvalue weighted by molar-refractivity contribution is 9.10. The number of methoxy groups -OCH3 is 1. The maximum absolute atomic E-state index is 5.76. The molecule has 0 spiro atoms. The molecule has 0 amide bonds. The van der Waals surface area contributed by atoms with Crippen LogP contribution in [-0.2, 0) is 19.9 Å². The summed E-state index contributed by atoms with van der Waals surface area (Å²) in [5.74, 6) is 0.964. The summed E-state index contributed by atoms with van der Waals surface area (Å²) in [5, 5.41) is 1.25. The van der Waals surface area contributed by atoms with Crippen LogP contribution in [0.15, 0.2) is 39.9 Å². The van der Waals surface area contributed by atoms with Gasteiger partial charge in [0.25, 0.3) is 0 Å². The summed E-state index contributed by atoms with van der Waals surface area (Å²) in [6.45, 7) is 7.68. The standard InChI is InChI=1S/C25H38BrN2O.HI/c1-18(2)10-9-11-19(3)12-14-22-20(16-17-28(5,6)7)24-23(29-8)15-13-21(26)25(24)27(22)4;/h10,12-13,15H,9,11,14,16-17H2,1-8H3;1H/q+1;/p-1/b19-12+;. The van der Waals surface area contributed by atoms with Crippen molar-refractivity contribution in [2.45, 2.75) is 46.5 Å². The molecular weight excluding hydrogens is 551 g/mol. The van der Waals surface area contributed by atoms with E-state index in [0.29, 0.717) is 0 Å². The minimum absolute atomic E-state index is 0. The molecule has 0 atom stereocenters. The predicted molar refractivity (Wildman–Crippen MR) is 130 cm³/mol. The van der Waals surface area contributed by atoms with Gasteiger partial charge in [-0.1, -0.05) is 23.3 Å². The summed E-state index contributed by atoms with van der Waals surface area (Å²) in [6, 6.07) is 4.17. The molecule has 0 unspecified atom stereocenters. The Morgan fingerprint density at radius 2 is 1.80 bits per heavy atom. The van der Waals surface area contributed by atoms with E-state index in [1.165, 1.54) is 33.3 Å². The van der Waals surface area contributed by atoms with Crippen LogP contribution < -0.4 is 28.7 Å². The molecule has 0 aliphatic carbocycles. The Labute approximate surface area is 208 Å². The van der Waals surface area contributed by atoms with Gasteiger partial charge >= 0.3 is 0 Å². The number of aryl methyl sites for hydroxylation is 1. The topological polar surface area (TPSA) is 14.2 Å². The molecule has 0 aliphatic rings. The third-order valence-electron chi connectivity index (χ3n) is 5.47. The van der Waals surface area contributed by atoms with Crippen molar-refractivity contribution in [2.24, 2.45) is 7.05 Å². The average Bonchev–Trinajstić information content (AvgIpc) is 2.90. The van der Waals surface area contributed by atoms with Crippen LogP contribution in [0.25, 0.3) is 10.9 Å². The molecule has 0 saturated carbocycles. The second-order valence-electron chi connectivity index (χ2n) is 9.30. The number of fused-ring (bicyclic) bond motifs is 1. The van der Waals surface area contributed by atoms with Gasteiger partial charge in [0.2, 0.25) is 0 Å². The summed E-state index contributed by atoms with van der Waals surface area (Å²) >= 11 is 3.77. The minimum Gasteiger partial charge on any atom is -1.00 e. The third kappa shape index (κ3) is 7.13. The van der Waals surface area contributed by atoms with Gasteiger partial charge in [-0.15, -0.1) is 0 Å². The van der Waals surface area contributed by atoms with Crippen LogP contribution in [0.4, 0.5) is 0 Å². The Hall–Kier alpha value is -0.790. The largest absolute Gasteiger partial charge is 1.00 e. The maximum atomic E-state index is 5.76. The fourth-order valence-electron chi connectivity index (χ4n) is 3.76. The Kier molecular flexibility index (Phi) is 10.6. The SMILES string of the molecule is COc1ccc(Br)c2c1c(CC[N+](C)(C)C)c(C/C=C(\C)CCC=C(C)C)n2C.[I-]. The van der Waals surface area contributed by atoms with Crippen molar-refractivity contribution in [3.8, 4) is 5.75 Å². The lowest BCUT2D eigenvalue weighted by molar-refractivity contribution is -0.870. The van der Waals surface area contributed by atoms with Crippen LogP contribution in [0.3, 0.4) is 0 Å². The maximum Gasteiger partial charge on any atom is 0.128 e. The lowest BCUT2D eigenvalue weighted by atomic mass is 10.0. The van der Waals surface area contributed by atoms with Crippen LogP contribution in [0, 0.1) is 0 Å². The van der Waals surface area contributed by atoms with E-state index in [-0.39, 0.29) is 24.0 Å². The second kappa shape index (κ2) is 11.7. The molecule has 1 aromatic heterocycles. The van der Waals surface area contributed by atoms with Crippen molar-refractivity contribution in [3.63, 3.8) is 0 Å². The number of ether oxygens (including phenoxy) is 1. The Balaban J connectivity index is 0.00000450. The molecule has 5 heteroatoms. The van der Waals surface area contributed by atoms with Crippen molar-refractivity contribution in [1.82, 2.24) is 4.57 Å². The van der Waals surface area contributed by atoms with Crippen LogP contribution in [0.2, 0.25) is 0 Å². The molecule has 0 radical (unpaired) electrons. The van der Waals surface area contributed by atoms with Gasteiger partial charge in [0.05, 0.1) is 40.3 Å². The van der Waals surface area contributed by atoms with Gasteiger partial charge in [0, 0.05) is 35.4 Å². The highest BCUT2D eigenvalue weighted by Crippen LogP contribution is 2.38. The molecule has 3 nitrogen and oxygen atoms in total. The Morgan fingerprint density at radius 1 is 1.13 bits per heavy atom. The molecule has 1 heterocycles. The number of halogens is 2. The molecular formula is C25H38BrIN2O. The third-order valence-corrected chi connectivity index (χ3v) is 6.11. The van der Waals surface area contributed by atoms with E-state index in [4.69, 9.17) is 4.74 Å². The highest BCUT2D eigenvalue weighted by Gasteiger charge is 2.21. The molecule has 0 saturated heterocycles. The molecule has 0 N–H and O–H groups in total. The summed E-state index contributed by atoms with van der Waals surface area (Å²) in [6.07, 6.45) is 8.96. The first-order valence-corrected chi connectivity index (χ1v) is 11.3. The first-order chi connectivity index (χ1) is 13.5. The minimum atomic E-state index is 0. The molecule has 2 aromatic rings. The Morgan fingerprint density at radius 3 is 2.37 bits per heavy atom. The summed E-state index contributed by atoms with van der Waals surface area (Å²) < 4.78 is 10.2. The molecule has 2 rings (SSSR count). The fraction of sp³-hybridized carbons (Fsp3) is 0.520. The number of likely N-dealkylation sites (N-methyl/N-ethyl adjacent to an activating group) is 1. The number of hydrogen-bond acceptors (Lipinski definition) is 1. The molecule has 0 bridgehead atoms. The number of allylic oxidation sites excluding steroid dienone is 4. The zero-order valence-electron chi connectivity index (χ0n) is 19.9. The van der Waals surface area contributed by atoms with E-state index in [1.54, 1.807) is 7.11 Å². The van der Waals surface area contributed by atoms with E-state index in [0.717, 1.165) is 46.9 Å². The van der Waals surface area contributed by atoms with Crippen LogP contribution in [0.5, 0.6) is 5.75 Å². The summed E-state index contributed by atoms with van der Waals surface area (Å²) in [7, 11) is 10.7. The van der Waals surface area contributed by atoms with Crippen LogP contribution in [-0.4, -0.2) is 43.8 Å². The van der Waals surface area contributed by atoms with E-state index in [2.05, 4.69) is 93.7 Å². The average molecular weight is 589 g/mol. The Bertz CT molecular complexity index is 916. The second-order valence-corrected chi connectivity index (χ2v) is 10.2. The fourth-order valence-corrected chi connectivity index (χ4v) is 4.35. The highest BCUT2D eigenvalue weighted by atomic mass is 127. The number of quaternary nitrogens is 1. The predicted octanol–water partition coefficient (Wildman–Crippen LogP) is 3.44. The number of nitrogens with zero attached hydrogens (tertiary/aromatic N) is 2. The van der Waals surface area contributed by atoms with Crippen molar-refractivity contribution in [3.05, 3.63) is 51.2 Å². The number of rotatable bonds is 9. The van der Waals surface area contributed by atoms with Gasteiger partial charge in [-0.3, -0.25) is 0 Å². The van der Waals surface area contributed by atoms with Crippen molar-refractivity contribution >= 4 is 26.8 Å². The number of aromatic nitrogens is 1. The van der Waals surface area contributed by atoms with Gasteiger partial charge in [0.1, 0.15) is 5.75 Å². The van der Waals surface area contributed by atoms with Crippen molar-refractivity contribution in [1.29, 1.82) is 0 Å². The van der Waals surface area contributed by atoms with Gasteiger partial charge in [0.15, 0.2) is 0 Å².